The van der Waals surface area contributed by atoms with Crippen molar-refractivity contribution in [2.75, 3.05) is 24.5 Å². The minimum absolute atomic E-state index is 0.0463. The Morgan fingerprint density at radius 3 is 2.52 bits per heavy atom. The first-order valence-corrected chi connectivity index (χ1v) is 15.0. The van der Waals surface area contributed by atoms with Gasteiger partial charge in [0.05, 0.1) is 16.4 Å². The van der Waals surface area contributed by atoms with Crippen LogP contribution in [0, 0.1) is 18.3 Å². The van der Waals surface area contributed by atoms with E-state index in [0.29, 0.717) is 25.9 Å². The molecule has 2 aliphatic heterocycles. The van der Waals surface area contributed by atoms with E-state index in [4.69, 9.17) is 0 Å². The zero-order valence-corrected chi connectivity index (χ0v) is 24.5. The SMILES string of the molecule is Cc1ccc2c(c1)[C@H](c1cccc3ccccc13)S[C@@H](CC(=O)N1CCCC(C(=O)O)C1)C(=O)N2CC(C)(C)C. The molecule has 6 nitrogen and oxygen atoms in total. The van der Waals surface area contributed by atoms with Crippen LogP contribution in [0.1, 0.15) is 62.0 Å². The highest BCUT2D eigenvalue weighted by Crippen LogP contribution is 2.49. The fraction of sp³-hybridized carbons (Fsp3) is 0.424. The molecule has 3 aromatic rings. The smallest absolute Gasteiger partial charge is 0.308 e. The number of rotatable bonds is 5. The quantitative estimate of drug-likeness (QED) is 0.390. The summed E-state index contributed by atoms with van der Waals surface area (Å²) in [5.74, 6) is -1.63. The summed E-state index contributed by atoms with van der Waals surface area (Å²) in [4.78, 5) is 43.1. The first kappa shape index (κ1) is 28.2. The van der Waals surface area contributed by atoms with E-state index in [1.165, 1.54) is 0 Å². The van der Waals surface area contributed by atoms with Crippen LogP contribution in [0.2, 0.25) is 0 Å². The summed E-state index contributed by atoms with van der Waals surface area (Å²) in [7, 11) is 0. The Morgan fingerprint density at radius 2 is 1.77 bits per heavy atom. The molecule has 40 heavy (non-hydrogen) atoms. The lowest BCUT2D eigenvalue weighted by atomic mass is 9.93. The maximum atomic E-state index is 14.3. The summed E-state index contributed by atoms with van der Waals surface area (Å²) in [6.07, 6.45) is 1.28. The molecule has 1 fully saturated rings. The summed E-state index contributed by atoms with van der Waals surface area (Å²) < 4.78 is 0. The minimum atomic E-state index is -0.865. The molecule has 0 radical (unpaired) electrons. The number of amides is 2. The van der Waals surface area contributed by atoms with Gasteiger partial charge in [-0.3, -0.25) is 14.4 Å². The molecule has 5 rings (SSSR count). The molecule has 7 heteroatoms. The van der Waals surface area contributed by atoms with Crippen molar-refractivity contribution in [1.29, 1.82) is 0 Å². The summed E-state index contributed by atoms with van der Waals surface area (Å²) in [6, 6.07) is 20.9. The van der Waals surface area contributed by atoms with Crippen LogP contribution in [-0.2, 0) is 14.4 Å². The lowest BCUT2D eigenvalue weighted by molar-refractivity contribution is -0.146. The Kier molecular flexibility index (Phi) is 7.96. The van der Waals surface area contributed by atoms with E-state index in [1.54, 1.807) is 16.7 Å². The number of aryl methyl sites for hydroxylation is 1. The van der Waals surface area contributed by atoms with Gasteiger partial charge in [0.1, 0.15) is 0 Å². The number of benzene rings is 3. The number of carbonyl (C=O) groups is 3. The number of nitrogens with zero attached hydrogens (tertiary/aromatic N) is 2. The van der Waals surface area contributed by atoms with Gasteiger partial charge in [-0.1, -0.05) is 80.9 Å². The summed E-state index contributed by atoms with van der Waals surface area (Å²) in [5, 5.41) is 11.1. The van der Waals surface area contributed by atoms with Crippen LogP contribution in [0.4, 0.5) is 5.69 Å². The van der Waals surface area contributed by atoms with Crippen molar-refractivity contribution >= 4 is 46.0 Å². The number of carbonyl (C=O) groups excluding carboxylic acids is 2. The Bertz CT molecular complexity index is 1440. The normalized spacial score (nSPS) is 21.7. The minimum Gasteiger partial charge on any atom is -0.481 e. The van der Waals surface area contributed by atoms with Gasteiger partial charge in [0, 0.05) is 31.7 Å². The Hall–Kier alpha value is -3.32. The Balaban J connectivity index is 1.59. The van der Waals surface area contributed by atoms with Gasteiger partial charge in [0.15, 0.2) is 0 Å². The molecule has 0 aromatic heterocycles. The monoisotopic (exact) mass is 558 g/mol. The van der Waals surface area contributed by atoms with Gasteiger partial charge in [-0.05, 0) is 53.1 Å². The van der Waals surface area contributed by atoms with Gasteiger partial charge < -0.3 is 14.9 Å². The predicted octanol–water partition coefficient (Wildman–Crippen LogP) is 6.45. The fourth-order valence-corrected chi connectivity index (χ4v) is 7.40. The molecule has 2 amide bonds. The summed E-state index contributed by atoms with van der Waals surface area (Å²) >= 11 is 1.55. The van der Waals surface area contributed by atoms with Crippen LogP contribution in [0.3, 0.4) is 0 Å². The zero-order valence-electron chi connectivity index (χ0n) is 23.7. The number of anilines is 1. The maximum absolute atomic E-state index is 14.3. The molecule has 0 saturated carbocycles. The highest BCUT2D eigenvalue weighted by atomic mass is 32.2. The lowest BCUT2D eigenvalue weighted by Crippen LogP contribution is -2.46. The molecule has 1 N–H and O–H groups in total. The van der Waals surface area contributed by atoms with Gasteiger partial charge in [0.2, 0.25) is 11.8 Å². The second-order valence-electron chi connectivity index (χ2n) is 12.3. The number of piperidine rings is 1. The van der Waals surface area contributed by atoms with Crippen molar-refractivity contribution in [3.8, 4) is 0 Å². The number of thioether (sulfide) groups is 1. The van der Waals surface area contributed by atoms with Crippen LogP contribution in [0.5, 0.6) is 0 Å². The maximum Gasteiger partial charge on any atom is 0.308 e. The van der Waals surface area contributed by atoms with E-state index in [-0.39, 0.29) is 35.4 Å². The van der Waals surface area contributed by atoms with E-state index < -0.39 is 17.1 Å². The van der Waals surface area contributed by atoms with Gasteiger partial charge in [-0.15, -0.1) is 11.8 Å². The number of fused-ring (bicyclic) bond motifs is 2. The molecular formula is C33H38N2O4S. The third kappa shape index (κ3) is 5.90. The first-order chi connectivity index (χ1) is 19.0. The number of carboxylic acids is 1. The molecule has 3 aromatic carbocycles. The highest BCUT2D eigenvalue weighted by Gasteiger charge is 2.40. The van der Waals surface area contributed by atoms with E-state index in [2.05, 4.69) is 76.2 Å². The molecular weight excluding hydrogens is 520 g/mol. The summed E-state index contributed by atoms with van der Waals surface area (Å²) in [6.45, 7) is 9.70. The first-order valence-electron chi connectivity index (χ1n) is 14.1. The van der Waals surface area contributed by atoms with Gasteiger partial charge >= 0.3 is 5.97 Å². The lowest BCUT2D eigenvalue weighted by Gasteiger charge is -2.33. The molecule has 0 aliphatic carbocycles. The van der Waals surface area contributed by atoms with E-state index in [1.807, 2.05) is 17.0 Å². The van der Waals surface area contributed by atoms with Gasteiger partial charge in [0.25, 0.3) is 0 Å². The zero-order chi connectivity index (χ0) is 28.6. The number of hydrogen-bond donors (Lipinski definition) is 1. The molecule has 3 atom stereocenters. The fourth-order valence-electron chi connectivity index (χ4n) is 5.90. The van der Waals surface area contributed by atoms with E-state index in [0.717, 1.165) is 33.2 Å². The average Bonchev–Trinajstić information content (AvgIpc) is 3.02. The van der Waals surface area contributed by atoms with Crippen molar-refractivity contribution < 1.29 is 19.5 Å². The topological polar surface area (TPSA) is 77.9 Å². The molecule has 1 unspecified atom stereocenters. The van der Waals surface area contributed by atoms with Crippen molar-refractivity contribution in [3.05, 3.63) is 77.4 Å². The molecule has 210 valence electrons. The van der Waals surface area contributed by atoms with Crippen LogP contribution in [0.15, 0.2) is 60.7 Å². The number of carboxylic acid groups (broad SMARTS) is 1. The Labute approximate surface area is 240 Å². The largest absolute Gasteiger partial charge is 0.481 e. The van der Waals surface area contributed by atoms with Crippen molar-refractivity contribution in [2.24, 2.45) is 11.3 Å². The van der Waals surface area contributed by atoms with Crippen molar-refractivity contribution in [1.82, 2.24) is 4.90 Å². The third-order valence-corrected chi connectivity index (χ3v) is 9.30. The summed E-state index contributed by atoms with van der Waals surface area (Å²) in [5.41, 5.74) is 4.07. The van der Waals surface area contributed by atoms with Crippen molar-refractivity contribution in [2.45, 2.75) is 57.5 Å². The molecule has 2 heterocycles. The standard InChI is InChI=1S/C33H38N2O4S/c1-21-14-15-27-26(17-21)30(25-13-7-10-22-9-5-6-12-24(22)25)40-28(31(37)35(27)20-33(2,3)4)18-29(36)34-16-8-11-23(19-34)32(38)39/h5-7,9-10,12-15,17,23,28,30H,8,11,16,18-20H2,1-4H3,(H,38,39)/t23?,28-,30-/m0/s1. The number of hydrogen-bond acceptors (Lipinski definition) is 4. The Morgan fingerprint density at radius 1 is 1.02 bits per heavy atom. The van der Waals surface area contributed by atoms with Crippen LogP contribution in [0.25, 0.3) is 10.8 Å². The third-order valence-electron chi connectivity index (χ3n) is 7.82. The van der Waals surface area contributed by atoms with Crippen LogP contribution >= 0.6 is 11.8 Å². The van der Waals surface area contributed by atoms with Gasteiger partial charge in [-0.25, -0.2) is 0 Å². The highest BCUT2D eigenvalue weighted by molar-refractivity contribution is 8.01. The second-order valence-corrected chi connectivity index (χ2v) is 13.7. The number of likely N-dealkylation sites (tertiary alicyclic amines) is 1. The predicted molar refractivity (Wildman–Crippen MR) is 162 cm³/mol. The molecule has 0 spiro atoms. The van der Waals surface area contributed by atoms with Gasteiger partial charge in [-0.2, -0.15) is 0 Å². The van der Waals surface area contributed by atoms with E-state index >= 15 is 0 Å². The van der Waals surface area contributed by atoms with Crippen molar-refractivity contribution in [3.63, 3.8) is 0 Å². The molecule has 2 aliphatic rings. The second kappa shape index (κ2) is 11.3. The van der Waals surface area contributed by atoms with E-state index in [9.17, 15) is 19.5 Å². The van der Waals surface area contributed by atoms with Crippen LogP contribution < -0.4 is 4.90 Å². The molecule has 0 bridgehead atoms. The molecule has 1 saturated heterocycles. The number of aliphatic carboxylic acids is 1. The van der Waals surface area contributed by atoms with Crippen LogP contribution in [-0.4, -0.2) is 52.7 Å². The average molecular weight is 559 g/mol.